The van der Waals surface area contributed by atoms with Gasteiger partial charge in [-0.2, -0.15) is 0 Å². The third kappa shape index (κ3) is 1.96. The minimum absolute atomic E-state index is 0.242. The number of carbonyl (C=O) groups is 1. The number of carboxylic acids is 1. The van der Waals surface area contributed by atoms with Gasteiger partial charge in [-0.3, -0.25) is 0 Å². The number of aromatic carboxylic acids is 1. The standard InChI is InChI=1S/C9H12N2O2/c1-3-11(2)8-7(9(12)13)5-4-6-10-8/h4-6H,3H2,1-2H3,(H,12,13). The van der Waals surface area contributed by atoms with E-state index in [0.29, 0.717) is 5.82 Å². The van der Waals surface area contributed by atoms with Gasteiger partial charge in [0.25, 0.3) is 0 Å². The average Bonchev–Trinajstić information content (AvgIpc) is 2.16. The van der Waals surface area contributed by atoms with Gasteiger partial charge < -0.3 is 10.0 Å². The SMILES string of the molecule is CCN(C)c1ncccc1C(=O)O. The van der Waals surface area contributed by atoms with E-state index in [9.17, 15) is 4.79 Å². The summed E-state index contributed by atoms with van der Waals surface area (Å²) in [5, 5.41) is 8.84. The first-order chi connectivity index (χ1) is 6.16. The molecule has 0 aliphatic rings. The van der Waals surface area contributed by atoms with Gasteiger partial charge in [0.15, 0.2) is 0 Å². The Bertz CT molecular complexity index is 312. The van der Waals surface area contributed by atoms with Crippen molar-refractivity contribution in [1.82, 2.24) is 4.98 Å². The van der Waals surface area contributed by atoms with E-state index in [-0.39, 0.29) is 5.56 Å². The summed E-state index contributed by atoms with van der Waals surface area (Å²) in [5.41, 5.74) is 0.242. The average molecular weight is 180 g/mol. The van der Waals surface area contributed by atoms with Crippen molar-refractivity contribution in [3.8, 4) is 0 Å². The fourth-order valence-corrected chi connectivity index (χ4v) is 1.02. The molecule has 0 spiro atoms. The lowest BCUT2D eigenvalue weighted by Gasteiger charge is -2.16. The maximum Gasteiger partial charge on any atom is 0.339 e. The van der Waals surface area contributed by atoms with E-state index < -0.39 is 5.97 Å². The van der Waals surface area contributed by atoms with E-state index >= 15 is 0 Å². The van der Waals surface area contributed by atoms with Gasteiger partial charge >= 0.3 is 5.97 Å². The summed E-state index contributed by atoms with van der Waals surface area (Å²) in [6.45, 7) is 2.68. The largest absolute Gasteiger partial charge is 0.478 e. The normalized spacial score (nSPS) is 9.69. The maximum atomic E-state index is 10.8. The molecule has 1 N–H and O–H groups in total. The molecule has 1 aromatic rings. The lowest BCUT2D eigenvalue weighted by molar-refractivity contribution is 0.0697. The van der Waals surface area contributed by atoms with E-state index in [1.807, 2.05) is 14.0 Å². The summed E-state index contributed by atoms with van der Waals surface area (Å²) < 4.78 is 0. The Morgan fingerprint density at radius 1 is 1.69 bits per heavy atom. The second-order valence-corrected chi connectivity index (χ2v) is 2.69. The van der Waals surface area contributed by atoms with E-state index in [1.54, 1.807) is 23.2 Å². The van der Waals surface area contributed by atoms with Crippen molar-refractivity contribution in [2.24, 2.45) is 0 Å². The van der Waals surface area contributed by atoms with E-state index in [0.717, 1.165) is 6.54 Å². The van der Waals surface area contributed by atoms with Crippen molar-refractivity contribution in [2.75, 3.05) is 18.5 Å². The third-order valence-corrected chi connectivity index (χ3v) is 1.85. The molecule has 1 aromatic heterocycles. The highest BCUT2D eigenvalue weighted by Crippen LogP contribution is 2.14. The maximum absolute atomic E-state index is 10.8. The van der Waals surface area contributed by atoms with Crippen LogP contribution in [-0.2, 0) is 0 Å². The highest BCUT2D eigenvalue weighted by molar-refractivity contribution is 5.93. The van der Waals surface area contributed by atoms with Gasteiger partial charge in [0.2, 0.25) is 0 Å². The molecule has 1 rings (SSSR count). The molecule has 0 saturated heterocycles. The summed E-state index contributed by atoms with van der Waals surface area (Å²) in [5.74, 6) is -0.430. The first-order valence-corrected chi connectivity index (χ1v) is 4.06. The van der Waals surface area contributed by atoms with Gasteiger partial charge in [-0.15, -0.1) is 0 Å². The van der Waals surface area contributed by atoms with Crippen LogP contribution in [0.3, 0.4) is 0 Å². The van der Waals surface area contributed by atoms with Crippen LogP contribution >= 0.6 is 0 Å². The smallest absolute Gasteiger partial charge is 0.339 e. The number of anilines is 1. The molecule has 0 radical (unpaired) electrons. The zero-order chi connectivity index (χ0) is 9.84. The molecule has 4 heteroatoms. The molecular weight excluding hydrogens is 168 g/mol. The topological polar surface area (TPSA) is 53.4 Å². The highest BCUT2D eigenvalue weighted by Gasteiger charge is 2.12. The molecule has 1 heterocycles. The Morgan fingerprint density at radius 2 is 2.38 bits per heavy atom. The van der Waals surface area contributed by atoms with Gasteiger partial charge in [0, 0.05) is 19.8 Å². The van der Waals surface area contributed by atoms with Crippen molar-refractivity contribution >= 4 is 11.8 Å². The van der Waals surface area contributed by atoms with E-state index in [4.69, 9.17) is 5.11 Å². The van der Waals surface area contributed by atoms with Crippen molar-refractivity contribution in [3.05, 3.63) is 23.9 Å². The number of nitrogens with zero attached hydrogens (tertiary/aromatic N) is 2. The molecule has 0 saturated carbocycles. The van der Waals surface area contributed by atoms with Crippen molar-refractivity contribution in [3.63, 3.8) is 0 Å². The first kappa shape index (κ1) is 9.51. The summed E-state index contributed by atoms with van der Waals surface area (Å²) >= 11 is 0. The molecule has 70 valence electrons. The number of hydrogen-bond acceptors (Lipinski definition) is 3. The molecule has 0 fully saturated rings. The van der Waals surface area contributed by atoms with E-state index in [1.165, 1.54) is 0 Å². The Balaban J connectivity index is 3.11. The van der Waals surface area contributed by atoms with Crippen LogP contribution in [0, 0.1) is 0 Å². The fourth-order valence-electron chi connectivity index (χ4n) is 1.02. The number of aromatic nitrogens is 1. The van der Waals surface area contributed by atoms with Crippen LogP contribution < -0.4 is 4.90 Å². The third-order valence-electron chi connectivity index (χ3n) is 1.85. The molecule has 0 amide bonds. The van der Waals surface area contributed by atoms with Crippen LogP contribution in [0.1, 0.15) is 17.3 Å². The lowest BCUT2D eigenvalue weighted by Crippen LogP contribution is -2.20. The van der Waals surface area contributed by atoms with Crippen molar-refractivity contribution in [2.45, 2.75) is 6.92 Å². The van der Waals surface area contributed by atoms with Gasteiger partial charge in [0.1, 0.15) is 11.4 Å². The first-order valence-electron chi connectivity index (χ1n) is 4.06. The Hall–Kier alpha value is -1.58. The number of carboxylic acid groups (broad SMARTS) is 1. The predicted molar refractivity (Wildman–Crippen MR) is 50.1 cm³/mol. The molecule has 0 atom stereocenters. The summed E-state index contributed by atoms with van der Waals surface area (Å²) in [4.78, 5) is 16.6. The van der Waals surface area contributed by atoms with Gasteiger partial charge in [-0.25, -0.2) is 9.78 Å². The molecular formula is C9H12N2O2. The minimum atomic E-state index is -0.941. The Morgan fingerprint density at radius 3 is 2.92 bits per heavy atom. The quantitative estimate of drug-likeness (QED) is 0.760. The Labute approximate surface area is 76.8 Å². The van der Waals surface area contributed by atoms with Crippen LogP contribution in [0.25, 0.3) is 0 Å². The molecule has 0 aliphatic heterocycles. The molecule has 13 heavy (non-hydrogen) atoms. The predicted octanol–water partition coefficient (Wildman–Crippen LogP) is 1.24. The lowest BCUT2D eigenvalue weighted by atomic mass is 10.2. The zero-order valence-electron chi connectivity index (χ0n) is 7.69. The van der Waals surface area contributed by atoms with Crippen molar-refractivity contribution in [1.29, 1.82) is 0 Å². The molecule has 0 unspecified atom stereocenters. The molecule has 4 nitrogen and oxygen atoms in total. The van der Waals surface area contributed by atoms with Crippen LogP contribution in [0.5, 0.6) is 0 Å². The summed E-state index contributed by atoms with van der Waals surface area (Å²) in [7, 11) is 1.81. The summed E-state index contributed by atoms with van der Waals surface area (Å²) in [6.07, 6.45) is 1.59. The Kier molecular flexibility index (Phi) is 2.84. The second-order valence-electron chi connectivity index (χ2n) is 2.69. The fraction of sp³-hybridized carbons (Fsp3) is 0.333. The monoisotopic (exact) mass is 180 g/mol. The van der Waals surface area contributed by atoms with Gasteiger partial charge in [0.05, 0.1) is 0 Å². The molecule has 0 aliphatic carbocycles. The summed E-state index contributed by atoms with van der Waals surface area (Å²) in [6, 6.07) is 3.17. The van der Waals surface area contributed by atoms with Crippen LogP contribution in [0.2, 0.25) is 0 Å². The van der Waals surface area contributed by atoms with Gasteiger partial charge in [-0.05, 0) is 19.1 Å². The second kappa shape index (κ2) is 3.89. The molecule has 0 aromatic carbocycles. The number of hydrogen-bond donors (Lipinski definition) is 1. The van der Waals surface area contributed by atoms with Gasteiger partial charge in [-0.1, -0.05) is 0 Å². The van der Waals surface area contributed by atoms with E-state index in [2.05, 4.69) is 4.98 Å². The minimum Gasteiger partial charge on any atom is -0.478 e. The van der Waals surface area contributed by atoms with Crippen molar-refractivity contribution < 1.29 is 9.90 Å². The van der Waals surface area contributed by atoms with Crippen LogP contribution in [0.4, 0.5) is 5.82 Å². The highest BCUT2D eigenvalue weighted by atomic mass is 16.4. The zero-order valence-corrected chi connectivity index (χ0v) is 7.69. The number of pyridine rings is 1. The number of rotatable bonds is 3. The molecule has 0 bridgehead atoms. The van der Waals surface area contributed by atoms with Crippen LogP contribution in [0.15, 0.2) is 18.3 Å². The van der Waals surface area contributed by atoms with Crippen LogP contribution in [-0.4, -0.2) is 29.7 Å².